The predicted molar refractivity (Wildman–Crippen MR) is 16.0 cm³/mol. The van der Waals surface area contributed by atoms with Gasteiger partial charge in [0, 0.05) is 0 Å². The van der Waals surface area contributed by atoms with Crippen LogP contribution in [0.25, 0.3) is 0 Å². The van der Waals surface area contributed by atoms with Gasteiger partial charge in [0.1, 0.15) is 0 Å². The van der Waals surface area contributed by atoms with Gasteiger partial charge in [-0.15, -0.1) is 0 Å². The van der Waals surface area contributed by atoms with E-state index in [2.05, 4.69) is 23.2 Å². The van der Waals surface area contributed by atoms with Gasteiger partial charge in [0.15, 0.2) is 0 Å². The maximum absolute atomic E-state index is 4.64. The second-order valence-corrected chi connectivity index (χ2v) is 0.742. The third kappa shape index (κ3) is 10.4. The van der Waals surface area contributed by atoms with E-state index in [4.69, 9.17) is 0 Å². The van der Waals surface area contributed by atoms with Crippen LogP contribution < -0.4 is 0 Å². The van der Waals surface area contributed by atoms with Crippen LogP contribution in [0.15, 0.2) is 0 Å². The van der Waals surface area contributed by atoms with Crippen molar-refractivity contribution in [3.63, 3.8) is 0 Å². The minimum absolute atomic E-state index is 0. The summed E-state index contributed by atoms with van der Waals surface area (Å²) in [6, 6.07) is 0. The van der Waals surface area contributed by atoms with Crippen LogP contribution in [0, 0.1) is 5.34 Å². The van der Waals surface area contributed by atoms with Crippen molar-refractivity contribution in [3.05, 3.63) is 5.34 Å². The molecule has 0 aromatic carbocycles. The molecule has 0 rings (SSSR count). The molecule has 0 fully saturated rings. The van der Waals surface area contributed by atoms with Crippen molar-refractivity contribution in [2.24, 2.45) is 0 Å². The van der Waals surface area contributed by atoms with E-state index in [1.54, 1.807) is 0 Å². The molecule has 0 aromatic heterocycles. The Morgan fingerprint density at radius 3 is 1.25 bits per heavy atom. The first-order valence-electron chi connectivity index (χ1n) is 0.436. The Hall–Kier alpha value is 1.29. The van der Waals surface area contributed by atoms with Gasteiger partial charge in [-0.05, 0) is 0 Å². The zero-order valence-corrected chi connectivity index (χ0v) is 4.91. The molecule has 0 saturated heterocycles. The monoisotopic (exact) mass is 131 g/mol. The fourth-order valence-corrected chi connectivity index (χ4v) is 0. The van der Waals surface area contributed by atoms with Crippen molar-refractivity contribution in [1.29, 1.82) is 0 Å². The molecule has 0 radical (unpaired) electrons. The van der Waals surface area contributed by atoms with Gasteiger partial charge in [0.05, 0.1) is 0 Å². The molecule has 0 aliphatic carbocycles. The minimum atomic E-state index is 0. The Morgan fingerprint density at radius 1 is 1.25 bits per heavy atom. The van der Waals surface area contributed by atoms with Crippen molar-refractivity contribution in [2.45, 2.75) is 0 Å². The van der Waals surface area contributed by atoms with Crippen LogP contribution in [-0.4, -0.2) is 0 Å². The standard InChI is InChI=1S/CHCl2.Ti/c2-1-3;/h1H;/q-1;+2. The fourth-order valence-electron chi connectivity index (χ4n) is 0. The summed E-state index contributed by atoms with van der Waals surface area (Å²) in [6.45, 7) is 0. The fraction of sp³-hybridized carbons (Fsp3) is 0. The molecule has 0 amide bonds. The van der Waals surface area contributed by atoms with Crippen molar-refractivity contribution in [3.8, 4) is 0 Å². The third-order valence-electron chi connectivity index (χ3n) is 0. The van der Waals surface area contributed by atoms with Crippen LogP contribution in [0.3, 0.4) is 0 Å². The van der Waals surface area contributed by atoms with E-state index in [-0.39, 0.29) is 21.7 Å². The van der Waals surface area contributed by atoms with Crippen LogP contribution in [-0.2, 0) is 21.7 Å². The molecule has 0 saturated carbocycles. The van der Waals surface area contributed by atoms with E-state index in [9.17, 15) is 0 Å². The van der Waals surface area contributed by atoms with Crippen molar-refractivity contribution in [2.75, 3.05) is 0 Å². The van der Waals surface area contributed by atoms with Gasteiger partial charge in [-0.25, -0.2) is 0 Å². The summed E-state index contributed by atoms with van der Waals surface area (Å²) >= 11 is 9.28. The van der Waals surface area contributed by atoms with E-state index in [0.29, 0.717) is 0 Å². The molecular weight excluding hydrogens is 131 g/mol. The second kappa shape index (κ2) is 8.85. The van der Waals surface area contributed by atoms with Gasteiger partial charge in [-0.3, -0.25) is 0 Å². The third-order valence-corrected chi connectivity index (χ3v) is 0. The first kappa shape index (κ1) is 9.00. The van der Waals surface area contributed by atoms with Crippen molar-refractivity contribution >= 4 is 23.2 Å². The average Bonchev–Trinajstić information content (AvgIpc) is 0.918. The maximum atomic E-state index is 4.64. The smallest absolute Gasteiger partial charge is 0.333 e. The molecule has 0 aliphatic heterocycles. The number of rotatable bonds is 0. The van der Waals surface area contributed by atoms with Crippen LogP contribution in [0.1, 0.15) is 0 Å². The van der Waals surface area contributed by atoms with Gasteiger partial charge in [-0.2, -0.15) is 5.34 Å². The first-order valence-corrected chi connectivity index (χ1v) is 1.31. The zero-order chi connectivity index (χ0) is 2.71. The summed E-state index contributed by atoms with van der Waals surface area (Å²) in [6.07, 6.45) is 0. The van der Waals surface area contributed by atoms with Crippen LogP contribution in [0.2, 0.25) is 0 Å². The molecule has 0 N–H and O–H groups in total. The van der Waals surface area contributed by atoms with Crippen molar-refractivity contribution in [1.82, 2.24) is 0 Å². The van der Waals surface area contributed by atoms with E-state index in [1.165, 1.54) is 0 Å². The number of halogens is 2. The summed E-state index contributed by atoms with van der Waals surface area (Å²) in [7, 11) is 0. The Labute approximate surface area is 50.4 Å². The average molecular weight is 132 g/mol. The Kier molecular flexibility index (Phi) is 19.9. The summed E-state index contributed by atoms with van der Waals surface area (Å²) in [5, 5.41) is 0.944. The topological polar surface area (TPSA) is 0 Å². The summed E-state index contributed by atoms with van der Waals surface area (Å²) < 4.78 is 0. The number of hydrogen-bond donors (Lipinski definition) is 0. The normalized spacial score (nSPS) is 4.50. The summed E-state index contributed by atoms with van der Waals surface area (Å²) in [4.78, 5) is 0. The van der Waals surface area contributed by atoms with Crippen LogP contribution in [0.5, 0.6) is 0 Å². The molecule has 0 aromatic rings. The predicted octanol–water partition coefficient (Wildman–Crippen LogP) is 1.58. The quantitative estimate of drug-likeness (QED) is 0.346. The van der Waals surface area contributed by atoms with Gasteiger partial charge in [-0.1, -0.05) is 0 Å². The summed E-state index contributed by atoms with van der Waals surface area (Å²) in [5.41, 5.74) is 0. The summed E-state index contributed by atoms with van der Waals surface area (Å²) in [5.74, 6) is 0. The minimum Gasteiger partial charge on any atom is -0.333 e. The van der Waals surface area contributed by atoms with E-state index in [0.717, 1.165) is 5.34 Å². The molecule has 0 aliphatic rings. The molecule has 4 heavy (non-hydrogen) atoms. The molecule has 22 valence electrons. The van der Waals surface area contributed by atoms with Crippen LogP contribution >= 0.6 is 23.2 Å². The Morgan fingerprint density at radius 2 is 1.25 bits per heavy atom. The SMILES string of the molecule is Cl[CH-]Cl.[Ti+2]. The van der Waals surface area contributed by atoms with E-state index < -0.39 is 0 Å². The Balaban J connectivity index is 0. The van der Waals surface area contributed by atoms with Gasteiger partial charge in [0.2, 0.25) is 0 Å². The Bertz CT molecular complexity index is 6.00. The first-order chi connectivity index (χ1) is 1.41. The molecule has 0 atom stereocenters. The largest absolute Gasteiger partial charge is 2.00 e. The molecule has 0 unspecified atom stereocenters. The molecule has 0 bridgehead atoms. The zero-order valence-electron chi connectivity index (χ0n) is 1.83. The molecule has 0 nitrogen and oxygen atoms in total. The number of hydrogen-bond acceptors (Lipinski definition) is 0. The maximum Gasteiger partial charge on any atom is 2.00 e. The van der Waals surface area contributed by atoms with Gasteiger partial charge in [0.25, 0.3) is 0 Å². The van der Waals surface area contributed by atoms with E-state index >= 15 is 0 Å². The van der Waals surface area contributed by atoms with Gasteiger partial charge < -0.3 is 23.2 Å². The molecular formula is CHCl2Ti+. The molecule has 0 spiro atoms. The second-order valence-electron chi connectivity index (χ2n) is 0.0825. The van der Waals surface area contributed by atoms with Crippen LogP contribution in [0.4, 0.5) is 0 Å². The van der Waals surface area contributed by atoms with E-state index in [1.807, 2.05) is 0 Å². The molecule has 0 heterocycles. The van der Waals surface area contributed by atoms with Gasteiger partial charge >= 0.3 is 21.7 Å². The van der Waals surface area contributed by atoms with Crippen molar-refractivity contribution < 1.29 is 21.7 Å². The molecule has 3 heteroatoms.